The minimum atomic E-state index is -0.350. The lowest BCUT2D eigenvalue weighted by Gasteiger charge is -2.25. The van der Waals surface area contributed by atoms with Crippen LogP contribution in [0.4, 0.5) is 0 Å². The monoisotopic (exact) mass is 290 g/mol. The Bertz CT molecular complexity index is 544. The van der Waals surface area contributed by atoms with Gasteiger partial charge in [-0.1, -0.05) is 17.9 Å². The van der Waals surface area contributed by atoms with E-state index in [1.165, 1.54) is 0 Å². The zero-order valence-corrected chi connectivity index (χ0v) is 12.7. The second-order valence-electron chi connectivity index (χ2n) is 4.96. The van der Waals surface area contributed by atoms with Crippen LogP contribution in [-0.2, 0) is 11.3 Å². The van der Waals surface area contributed by atoms with Gasteiger partial charge in [-0.25, -0.2) is 0 Å². The number of primary amides is 1. The average molecular weight is 290 g/mol. The smallest absolute Gasteiger partial charge is 0.231 e. The number of rotatable bonds is 6. The van der Waals surface area contributed by atoms with Crippen molar-refractivity contribution in [3.63, 3.8) is 0 Å². The van der Waals surface area contributed by atoms with Gasteiger partial charge < -0.3 is 15.6 Å². The van der Waals surface area contributed by atoms with Crippen LogP contribution in [0.1, 0.15) is 25.0 Å². The summed E-state index contributed by atoms with van der Waals surface area (Å²) in [4.78, 5) is 13.1. The summed E-state index contributed by atoms with van der Waals surface area (Å²) >= 11 is 0. The van der Waals surface area contributed by atoms with Crippen molar-refractivity contribution in [3.05, 3.63) is 29.3 Å². The van der Waals surface area contributed by atoms with Gasteiger partial charge in [0.1, 0.15) is 12.4 Å². The zero-order valence-electron chi connectivity index (χ0n) is 12.7. The SMILES string of the molecule is COc1ccc(CN(CC(N)=O)C(C)C)cc1C#CCO. The number of aliphatic hydroxyl groups is 1. The number of carbonyl (C=O) groups is 1. The van der Waals surface area contributed by atoms with E-state index in [0.29, 0.717) is 17.9 Å². The number of nitrogens with zero attached hydrogens (tertiary/aromatic N) is 1. The van der Waals surface area contributed by atoms with Gasteiger partial charge in [0, 0.05) is 12.6 Å². The summed E-state index contributed by atoms with van der Waals surface area (Å²) in [6, 6.07) is 5.86. The first-order valence-electron chi connectivity index (χ1n) is 6.77. The zero-order chi connectivity index (χ0) is 15.8. The Labute approximate surface area is 125 Å². The van der Waals surface area contributed by atoms with Crippen molar-refractivity contribution in [2.24, 2.45) is 5.73 Å². The molecule has 0 aliphatic rings. The molecule has 0 saturated heterocycles. The molecule has 5 heteroatoms. The number of hydrogen-bond donors (Lipinski definition) is 2. The van der Waals surface area contributed by atoms with Gasteiger partial charge in [0.15, 0.2) is 0 Å². The molecule has 0 heterocycles. The van der Waals surface area contributed by atoms with Crippen LogP contribution in [0.15, 0.2) is 18.2 Å². The molecule has 1 amide bonds. The molecule has 0 saturated carbocycles. The molecule has 0 bridgehead atoms. The number of carbonyl (C=O) groups excluding carboxylic acids is 1. The molecule has 0 spiro atoms. The maximum atomic E-state index is 11.1. The molecule has 1 rings (SSSR count). The summed E-state index contributed by atoms with van der Waals surface area (Å²) in [7, 11) is 1.58. The summed E-state index contributed by atoms with van der Waals surface area (Å²) in [6.45, 7) is 4.63. The molecule has 5 nitrogen and oxygen atoms in total. The Morgan fingerprint density at radius 2 is 2.19 bits per heavy atom. The number of benzene rings is 1. The molecular formula is C16H22N2O3. The standard InChI is InChI=1S/C16H22N2O3/c1-12(2)18(11-16(17)20)10-13-6-7-15(21-3)14(9-13)5-4-8-19/h6-7,9,12,19H,8,10-11H2,1-3H3,(H2,17,20). The van der Waals surface area contributed by atoms with E-state index in [0.717, 1.165) is 5.56 Å². The molecule has 114 valence electrons. The van der Waals surface area contributed by atoms with E-state index in [1.807, 2.05) is 36.9 Å². The third kappa shape index (κ3) is 5.46. The van der Waals surface area contributed by atoms with Gasteiger partial charge in [-0.05, 0) is 31.5 Å². The fourth-order valence-corrected chi connectivity index (χ4v) is 1.94. The van der Waals surface area contributed by atoms with Crippen LogP contribution < -0.4 is 10.5 Å². The highest BCUT2D eigenvalue weighted by Crippen LogP contribution is 2.20. The lowest BCUT2D eigenvalue weighted by Crippen LogP contribution is -2.37. The fourth-order valence-electron chi connectivity index (χ4n) is 1.94. The van der Waals surface area contributed by atoms with E-state index in [1.54, 1.807) is 7.11 Å². The molecule has 0 aromatic heterocycles. The van der Waals surface area contributed by atoms with Crippen molar-refractivity contribution in [1.29, 1.82) is 0 Å². The average Bonchev–Trinajstić information content (AvgIpc) is 2.44. The Hall–Kier alpha value is -2.03. The van der Waals surface area contributed by atoms with Crippen LogP contribution in [0.5, 0.6) is 5.75 Å². The van der Waals surface area contributed by atoms with Crippen molar-refractivity contribution in [2.45, 2.75) is 26.4 Å². The van der Waals surface area contributed by atoms with Crippen LogP contribution in [0.3, 0.4) is 0 Å². The fraction of sp³-hybridized carbons (Fsp3) is 0.438. The van der Waals surface area contributed by atoms with Gasteiger partial charge >= 0.3 is 0 Å². The highest BCUT2D eigenvalue weighted by Gasteiger charge is 2.13. The number of nitrogens with two attached hydrogens (primary N) is 1. The number of aliphatic hydroxyl groups excluding tert-OH is 1. The molecule has 1 aromatic rings. The van der Waals surface area contributed by atoms with Gasteiger partial charge in [0.05, 0.1) is 19.2 Å². The first-order chi connectivity index (χ1) is 9.97. The van der Waals surface area contributed by atoms with E-state index in [-0.39, 0.29) is 25.1 Å². The first-order valence-corrected chi connectivity index (χ1v) is 6.77. The van der Waals surface area contributed by atoms with E-state index in [2.05, 4.69) is 11.8 Å². The van der Waals surface area contributed by atoms with Crippen molar-refractivity contribution in [1.82, 2.24) is 4.90 Å². The number of ether oxygens (including phenoxy) is 1. The Kier molecular flexibility index (Phi) is 6.73. The van der Waals surface area contributed by atoms with Crippen LogP contribution >= 0.6 is 0 Å². The second-order valence-corrected chi connectivity index (χ2v) is 4.96. The minimum absolute atomic E-state index is 0.201. The van der Waals surface area contributed by atoms with Gasteiger partial charge in [0.25, 0.3) is 0 Å². The second kappa shape index (κ2) is 8.30. The van der Waals surface area contributed by atoms with E-state index >= 15 is 0 Å². The van der Waals surface area contributed by atoms with Gasteiger partial charge in [-0.15, -0.1) is 0 Å². The topological polar surface area (TPSA) is 75.8 Å². The quantitative estimate of drug-likeness (QED) is 0.758. The molecule has 0 fully saturated rings. The lowest BCUT2D eigenvalue weighted by molar-refractivity contribution is -0.119. The molecule has 21 heavy (non-hydrogen) atoms. The summed E-state index contributed by atoms with van der Waals surface area (Å²) < 4.78 is 5.24. The predicted molar refractivity (Wildman–Crippen MR) is 81.7 cm³/mol. The Morgan fingerprint density at radius 3 is 2.71 bits per heavy atom. The first kappa shape index (κ1) is 17.0. The van der Waals surface area contributed by atoms with Crippen LogP contribution in [-0.4, -0.2) is 42.2 Å². The maximum Gasteiger partial charge on any atom is 0.231 e. The Morgan fingerprint density at radius 1 is 1.48 bits per heavy atom. The normalized spacial score (nSPS) is 10.4. The highest BCUT2D eigenvalue weighted by molar-refractivity contribution is 5.75. The van der Waals surface area contributed by atoms with Crippen molar-refractivity contribution in [3.8, 4) is 17.6 Å². The molecule has 0 aliphatic carbocycles. The van der Waals surface area contributed by atoms with E-state index in [4.69, 9.17) is 15.6 Å². The van der Waals surface area contributed by atoms with Gasteiger partial charge in [-0.2, -0.15) is 0 Å². The lowest BCUT2D eigenvalue weighted by atomic mass is 10.1. The third-order valence-electron chi connectivity index (χ3n) is 3.04. The highest BCUT2D eigenvalue weighted by atomic mass is 16.5. The van der Waals surface area contributed by atoms with Crippen LogP contribution in [0, 0.1) is 11.8 Å². The largest absolute Gasteiger partial charge is 0.495 e. The molecular weight excluding hydrogens is 268 g/mol. The molecule has 0 radical (unpaired) electrons. The van der Waals surface area contributed by atoms with Crippen LogP contribution in [0.25, 0.3) is 0 Å². The predicted octanol–water partition coefficient (Wildman–Crippen LogP) is 0.735. The van der Waals surface area contributed by atoms with Gasteiger partial charge in [0.2, 0.25) is 5.91 Å². The molecule has 0 unspecified atom stereocenters. The third-order valence-corrected chi connectivity index (χ3v) is 3.04. The van der Waals surface area contributed by atoms with Crippen molar-refractivity contribution in [2.75, 3.05) is 20.3 Å². The molecule has 0 aliphatic heterocycles. The Balaban J connectivity index is 2.99. The molecule has 3 N–H and O–H groups in total. The number of amides is 1. The van der Waals surface area contributed by atoms with Crippen molar-refractivity contribution < 1.29 is 14.6 Å². The van der Waals surface area contributed by atoms with E-state index < -0.39 is 0 Å². The summed E-state index contributed by atoms with van der Waals surface area (Å²) in [5.74, 6) is 5.78. The van der Waals surface area contributed by atoms with Gasteiger partial charge in [-0.3, -0.25) is 9.69 Å². The summed E-state index contributed by atoms with van der Waals surface area (Å²) in [5, 5.41) is 8.80. The maximum absolute atomic E-state index is 11.1. The van der Waals surface area contributed by atoms with E-state index in [9.17, 15) is 4.79 Å². The van der Waals surface area contributed by atoms with Crippen LogP contribution in [0.2, 0.25) is 0 Å². The molecule has 1 aromatic carbocycles. The molecule has 0 atom stereocenters. The summed E-state index contributed by atoms with van der Waals surface area (Å²) in [6.07, 6.45) is 0. The number of hydrogen-bond acceptors (Lipinski definition) is 4. The minimum Gasteiger partial charge on any atom is -0.495 e. The number of methoxy groups -OCH3 is 1. The van der Waals surface area contributed by atoms with Crippen molar-refractivity contribution >= 4 is 5.91 Å². The summed E-state index contributed by atoms with van der Waals surface area (Å²) in [5.41, 5.74) is 7.00.